The Balaban J connectivity index is 2.07. The summed E-state index contributed by atoms with van der Waals surface area (Å²) in [6, 6.07) is 7.02. The largest absolute Gasteiger partial charge is 0.478 e. The Morgan fingerprint density at radius 2 is 1.76 bits per heavy atom. The highest BCUT2D eigenvalue weighted by Gasteiger charge is 2.37. The molecule has 1 saturated heterocycles. The molecule has 0 N–H and O–H groups in total. The molecular formula is C16H22ClNO3. The summed E-state index contributed by atoms with van der Waals surface area (Å²) >= 11 is 5.85. The second kappa shape index (κ2) is 6.24. The summed E-state index contributed by atoms with van der Waals surface area (Å²) in [6.07, 6.45) is 0.0908. The van der Waals surface area contributed by atoms with Crippen LogP contribution in [0.15, 0.2) is 24.3 Å². The third-order valence-electron chi connectivity index (χ3n) is 3.41. The van der Waals surface area contributed by atoms with E-state index in [9.17, 15) is 4.79 Å². The third kappa shape index (κ3) is 4.11. The van der Waals surface area contributed by atoms with Crippen LogP contribution < -0.4 is 4.74 Å². The van der Waals surface area contributed by atoms with Gasteiger partial charge in [-0.2, -0.15) is 0 Å². The number of carbonyl (C=O) groups excluding carboxylic acids is 1. The maximum absolute atomic E-state index is 12.7. The van der Waals surface area contributed by atoms with Crippen LogP contribution >= 0.6 is 11.6 Å². The molecule has 1 amide bonds. The first-order valence-electron chi connectivity index (χ1n) is 7.17. The van der Waals surface area contributed by atoms with Crippen LogP contribution in [0, 0.1) is 0 Å². The molecule has 1 fully saturated rings. The lowest BCUT2D eigenvalue weighted by molar-refractivity contribution is -0.156. The van der Waals surface area contributed by atoms with Gasteiger partial charge >= 0.3 is 0 Å². The van der Waals surface area contributed by atoms with Crippen LogP contribution in [-0.2, 0) is 9.53 Å². The van der Waals surface area contributed by atoms with Crippen LogP contribution in [0.2, 0.25) is 5.02 Å². The fraction of sp³-hybridized carbons (Fsp3) is 0.562. The fourth-order valence-electron chi connectivity index (χ4n) is 2.57. The number of halogens is 1. The fourth-order valence-corrected chi connectivity index (χ4v) is 2.69. The highest BCUT2D eigenvalue weighted by molar-refractivity contribution is 6.30. The first-order chi connectivity index (χ1) is 9.78. The molecule has 2 rings (SSSR count). The molecule has 0 unspecified atom stereocenters. The monoisotopic (exact) mass is 311 g/mol. The lowest BCUT2D eigenvalue weighted by Crippen LogP contribution is -2.55. The Bertz CT molecular complexity index is 491. The average molecular weight is 312 g/mol. The maximum Gasteiger partial charge on any atom is 0.266 e. The zero-order valence-corrected chi connectivity index (χ0v) is 13.7. The van der Waals surface area contributed by atoms with Crippen molar-refractivity contribution in [1.29, 1.82) is 0 Å². The minimum Gasteiger partial charge on any atom is -0.478 e. The molecule has 4 nitrogen and oxygen atoms in total. The van der Waals surface area contributed by atoms with Gasteiger partial charge in [0.15, 0.2) is 5.60 Å². The second-order valence-corrected chi connectivity index (χ2v) is 6.47. The Labute approximate surface area is 131 Å². The lowest BCUT2D eigenvalue weighted by atomic mass is 10.1. The molecule has 0 aromatic heterocycles. The van der Waals surface area contributed by atoms with E-state index in [-0.39, 0.29) is 18.1 Å². The molecular weight excluding hydrogens is 290 g/mol. The van der Waals surface area contributed by atoms with Crippen molar-refractivity contribution >= 4 is 17.5 Å². The van der Waals surface area contributed by atoms with Crippen molar-refractivity contribution in [3.8, 4) is 5.75 Å². The van der Waals surface area contributed by atoms with Crippen molar-refractivity contribution in [1.82, 2.24) is 4.90 Å². The van der Waals surface area contributed by atoms with Crippen LogP contribution in [0.4, 0.5) is 0 Å². The van der Waals surface area contributed by atoms with Crippen molar-refractivity contribution in [3.63, 3.8) is 0 Å². The summed E-state index contributed by atoms with van der Waals surface area (Å²) in [4.78, 5) is 14.5. The summed E-state index contributed by atoms with van der Waals surface area (Å²) < 4.78 is 11.5. The number of hydrogen-bond acceptors (Lipinski definition) is 3. The van der Waals surface area contributed by atoms with Gasteiger partial charge in [-0.05, 0) is 52.0 Å². The van der Waals surface area contributed by atoms with Gasteiger partial charge in [0.2, 0.25) is 0 Å². The summed E-state index contributed by atoms with van der Waals surface area (Å²) in [7, 11) is 0. The summed E-state index contributed by atoms with van der Waals surface area (Å²) in [5.41, 5.74) is -0.926. The molecule has 0 saturated carbocycles. The molecule has 0 bridgehead atoms. The predicted octanol–water partition coefficient (Wildman–Crippen LogP) is 3.13. The van der Waals surface area contributed by atoms with E-state index in [4.69, 9.17) is 21.1 Å². The predicted molar refractivity (Wildman–Crippen MR) is 82.7 cm³/mol. The van der Waals surface area contributed by atoms with E-state index in [1.54, 1.807) is 38.1 Å². The van der Waals surface area contributed by atoms with Gasteiger partial charge in [0.05, 0.1) is 12.2 Å². The first kappa shape index (κ1) is 16.1. The molecule has 1 aromatic carbocycles. The smallest absolute Gasteiger partial charge is 0.266 e. The molecule has 21 heavy (non-hydrogen) atoms. The molecule has 1 heterocycles. The Morgan fingerprint density at radius 1 is 1.24 bits per heavy atom. The van der Waals surface area contributed by atoms with Crippen LogP contribution in [0.5, 0.6) is 5.75 Å². The van der Waals surface area contributed by atoms with Crippen molar-refractivity contribution in [2.45, 2.75) is 45.5 Å². The zero-order valence-electron chi connectivity index (χ0n) is 12.9. The normalized spacial score (nSPS) is 23.0. The number of rotatable bonds is 3. The van der Waals surface area contributed by atoms with E-state index in [0.717, 1.165) is 0 Å². The van der Waals surface area contributed by atoms with Gasteiger partial charge in [0.25, 0.3) is 5.91 Å². The van der Waals surface area contributed by atoms with Gasteiger partial charge in [-0.1, -0.05) is 11.6 Å². The maximum atomic E-state index is 12.7. The van der Waals surface area contributed by atoms with Crippen LogP contribution in [0.3, 0.4) is 0 Å². The van der Waals surface area contributed by atoms with Crippen molar-refractivity contribution in [2.24, 2.45) is 0 Å². The van der Waals surface area contributed by atoms with Gasteiger partial charge in [-0.3, -0.25) is 4.79 Å². The van der Waals surface area contributed by atoms with Crippen molar-refractivity contribution in [3.05, 3.63) is 29.3 Å². The highest BCUT2D eigenvalue weighted by Crippen LogP contribution is 2.23. The standard InChI is InChI=1S/C16H22ClNO3/c1-11-9-18(10-12(2)20-11)15(19)16(3,4)21-14-7-5-13(17)6-8-14/h5-8,11-12H,9-10H2,1-4H3/t11-,12-/m0/s1. The number of amides is 1. The molecule has 0 radical (unpaired) electrons. The van der Waals surface area contributed by atoms with Gasteiger partial charge in [0.1, 0.15) is 5.75 Å². The number of benzene rings is 1. The molecule has 1 aromatic rings. The Morgan fingerprint density at radius 3 is 2.29 bits per heavy atom. The Kier molecular flexibility index (Phi) is 4.79. The average Bonchev–Trinajstić information content (AvgIpc) is 2.39. The molecule has 0 aliphatic carbocycles. The topological polar surface area (TPSA) is 38.8 Å². The zero-order chi connectivity index (χ0) is 15.6. The lowest BCUT2D eigenvalue weighted by Gasteiger charge is -2.39. The molecule has 116 valence electrons. The van der Waals surface area contributed by atoms with Gasteiger partial charge in [-0.15, -0.1) is 0 Å². The number of carbonyl (C=O) groups is 1. The Hall–Kier alpha value is -1.26. The molecule has 1 aliphatic rings. The highest BCUT2D eigenvalue weighted by atomic mass is 35.5. The molecule has 5 heteroatoms. The number of ether oxygens (including phenoxy) is 2. The van der Waals surface area contributed by atoms with E-state index in [0.29, 0.717) is 23.9 Å². The molecule has 2 atom stereocenters. The number of nitrogens with zero attached hydrogens (tertiary/aromatic N) is 1. The summed E-state index contributed by atoms with van der Waals surface area (Å²) in [5.74, 6) is 0.603. The van der Waals surface area contributed by atoms with Crippen molar-refractivity contribution < 1.29 is 14.3 Å². The van der Waals surface area contributed by atoms with E-state index in [1.807, 2.05) is 18.7 Å². The second-order valence-electron chi connectivity index (χ2n) is 6.03. The molecule has 1 aliphatic heterocycles. The van der Waals surface area contributed by atoms with E-state index in [2.05, 4.69) is 0 Å². The summed E-state index contributed by atoms with van der Waals surface area (Å²) in [6.45, 7) is 8.71. The van der Waals surface area contributed by atoms with Crippen LogP contribution in [-0.4, -0.2) is 41.7 Å². The first-order valence-corrected chi connectivity index (χ1v) is 7.55. The summed E-state index contributed by atoms with van der Waals surface area (Å²) in [5, 5.41) is 0.641. The van der Waals surface area contributed by atoms with E-state index < -0.39 is 5.60 Å². The minimum atomic E-state index is -0.926. The molecule has 0 spiro atoms. The third-order valence-corrected chi connectivity index (χ3v) is 3.66. The number of hydrogen-bond donors (Lipinski definition) is 0. The quantitative estimate of drug-likeness (QED) is 0.861. The minimum absolute atomic E-state index is 0.0283. The van der Waals surface area contributed by atoms with Gasteiger partial charge in [0, 0.05) is 18.1 Å². The van der Waals surface area contributed by atoms with Gasteiger partial charge in [-0.25, -0.2) is 0 Å². The number of morpholine rings is 1. The van der Waals surface area contributed by atoms with Crippen LogP contribution in [0.25, 0.3) is 0 Å². The van der Waals surface area contributed by atoms with E-state index in [1.165, 1.54) is 0 Å². The van der Waals surface area contributed by atoms with Gasteiger partial charge < -0.3 is 14.4 Å². The van der Waals surface area contributed by atoms with Crippen LogP contribution in [0.1, 0.15) is 27.7 Å². The van der Waals surface area contributed by atoms with Crippen molar-refractivity contribution in [2.75, 3.05) is 13.1 Å². The van der Waals surface area contributed by atoms with E-state index >= 15 is 0 Å². The SMILES string of the molecule is C[C@H]1CN(C(=O)C(C)(C)Oc2ccc(Cl)cc2)C[C@H](C)O1.